The molecule has 4 nitrogen and oxygen atoms in total. The fourth-order valence-corrected chi connectivity index (χ4v) is 2.54. The monoisotopic (exact) mass is 324 g/mol. The average Bonchev–Trinajstić information content (AvgIpc) is 2.48. The van der Waals surface area contributed by atoms with Crippen LogP contribution >= 0.6 is 0 Å². The van der Waals surface area contributed by atoms with Crippen LogP contribution in [0.2, 0.25) is 0 Å². The van der Waals surface area contributed by atoms with E-state index in [4.69, 9.17) is 0 Å². The Balaban J connectivity index is 2.05. The summed E-state index contributed by atoms with van der Waals surface area (Å²) < 4.78 is 0. The van der Waals surface area contributed by atoms with Crippen LogP contribution in [0, 0.1) is 0 Å². The van der Waals surface area contributed by atoms with Gasteiger partial charge in [-0.1, -0.05) is 51.1 Å². The third-order valence-electron chi connectivity index (χ3n) is 3.65. The van der Waals surface area contributed by atoms with Crippen molar-refractivity contribution in [1.29, 1.82) is 0 Å². The Kier molecular flexibility index (Phi) is 5.39. The molecule has 0 saturated carbocycles. The van der Waals surface area contributed by atoms with Gasteiger partial charge in [-0.2, -0.15) is 0 Å². The van der Waals surface area contributed by atoms with E-state index in [0.717, 1.165) is 22.5 Å². The first-order chi connectivity index (χ1) is 11.3. The van der Waals surface area contributed by atoms with E-state index in [2.05, 4.69) is 31.4 Å². The first kappa shape index (κ1) is 17.7. The number of anilines is 2. The van der Waals surface area contributed by atoms with E-state index in [0.29, 0.717) is 6.42 Å². The highest BCUT2D eigenvalue weighted by Crippen LogP contribution is 2.29. The molecular formula is C20H24N2O2. The molecule has 2 rings (SSSR count). The van der Waals surface area contributed by atoms with Crippen molar-refractivity contribution in [3.8, 4) is 0 Å². The Morgan fingerprint density at radius 1 is 0.917 bits per heavy atom. The molecule has 2 N–H and O–H groups in total. The molecule has 0 radical (unpaired) electrons. The average molecular weight is 324 g/mol. The minimum Gasteiger partial charge on any atom is -0.326 e. The topological polar surface area (TPSA) is 58.2 Å². The van der Waals surface area contributed by atoms with Gasteiger partial charge < -0.3 is 10.6 Å². The molecular weight excluding hydrogens is 300 g/mol. The molecule has 0 heterocycles. The molecule has 24 heavy (non-hydrogen) atoms. The summed E-state index contributed by atoms with van der Waals surface area (Å²) in [5, 5.41) is 5.71. The van der Waals surface area contributed by atoms with Gasteiger partial charge in [-0.05, 0) is 34.7 Å². The number of benzene rings is 2. The number of nitrogens with one attached hydrogen (secondary N) is 2. The van der Waals surface area contributed by atoms with Crippen molar-refractivity contribution in [3.05, 3.63) is 59.7 Å². The second kappa shape index (κ2) is 7.30. The summed E-state index contributed by atoms with van der Waals surface area (Å²) in [6.45, 7) is 7.84. The second-order valence-corrected chi connectivity index (χ2v) is 6.90. The molecule has 0 atom stereocenters. The molecule has 0 fully saturated rings. The van der Waals surface area contributed by atoms with Gasteiger partial charge >= 0.3 is 0 Å². The molecule has 2 aromatic carbocycles. The molecule has 0 spiro atoms. The molecule has 0 aliphatic rings. The van der Waals surface area contributed by atoms with Gasteiger partial charge in [0.05, 0.1) is 6.42 Å². The van der Waals surface area contributed by atoms with Crippen molar-refractivity contribution in [3.63, 3.8) is 0 Å². The number of hydrogen-bond donors (Lipinski definition) is 2. The number of para-hydroxylation sites is 1. The van der Waals surface area contributed by atoms with Gasteiger partial charge in [0.15, 0.2) is 0 Å². The van der Waals surface area contributed by atoms with Crippen LogP contribution in [0.5, 0.6) is 0 Å². The second-order valence-electron chi connectivity index (χ2n) is 6.90. The van der Waals surface area contributed by atoms with Crippen LogP contribution in [0.1, 0.15) is 38.8 Å². The molecule has 0 aromatic heterocycles. The zero-order valence-electron chi connectivity index (χ0n) is 14.6. The molecule has 0 saturated heterocycles. The maximum absolute atomic E-state index is 12.3. The zero-order valence-corrected chi connectivity index (χ0v) is 14.6. The summed E-state index contributed by atoms with van der Waals surface area (Å²) in [6.07, 6.45) is 0.291. The molecule has 126 valence electrons. The van der Waals surface area contributed by atoms with Crippen LogP contribution in [0.15, 0.2) is 48.5 Å². The maximum atomic E-state index is 12.3. The van der Waals surface area contributed by atoms with E-state index in [1.165, 1.54) is 6.92 Å². The van der Waals surface area contributed by atoms with E-state index in [9.17, 15) is 9.59 Å². The summed E-state index contributed by atoms with van der Waals surface area (Å²) in [4.78, 5) is 23.4. The number of hydrogen-bond acceptors (Lipinski definition) is 2. The standard InChI is InChI=1S/C20H24N2O2/c1-14(23)21-16-11-9-15(10-12-16)13-19(24)22-18-8-6-5-7-17(18)20(2,3)4/h5-12H,13H2,1-4H3,(H,21,23)(H,22,24). The van der Waals surface area contributed by atoms with Crippen LogP contribution in [-0.2, 0) is 21.4 Å². The predicted octanol–water partition coefficient (Wildman–Crippen LogP) is 4.12. The first-order valence-electron chi connectivity index (χ1n) is 8.01. The molecule has 0 unspecified atom stereocenters. The lowest BCUT2D eigenvalue weighted by Gasteiger charge is -2.23. The van der Waals surface area contributed by atoms with Gasteiger partial charge in [-0.25, -0.2) is 0 Å². The summed E-state index contributed by atoms with van der Waals surface area (Å²) in [5.41, 5.74) is 3.55. The fourth-order valence-electron chi connectivity index (χ4n) is 2.54. The van der Waals surface area contributed by atoms with Crippen molar-refractivity contribution in [2.75, 3.05) is 10.6 Å². The van der Waals surface area contributed by atoms with E-state index >= 15 is 0 Å². The van der Waals surface area contributed by atoms with Gasteiger partial charge in [0, 0.05) is 18.3 Å². The fraction of sp³-hybridized carbons (Fsp3) is 0.300. The summed E-state index contributed by atoms with van der Waals surface area (Å²) in [6, 6.07) is 15.2. The molecule has 2 aromatic rings. The lowest BCUT2D eigenvalue weighted by molar-refractivity contribution is -0.116. The Labute approximate surface area is 143 Å². The predicted molar refractivity (Wildman–Crippen MR) is 98.2 cm³/mol. The Hall–Kier alpha value is -2.62. The van der Waals surface area contributed by atoms with Crippen molar-refractivity contribution >= 4 is 23.2 Å². The normalized spacial score (nSPS) is 11.0. The van der Waals surface area contributed by atoms with Crippen molar-refractivity contribution in [2.45, 2.75) is 39.5 Å². The van der Waals surface area contributed by atoms with Gasteiger partial charge in [0.25, 0.3) is 0 Å². The number of amides is 2. The Morgan fingerprint density at radius 2 is 1.54 bits per heavy atom. The molecule has 0 aliphatic carbocycles. The van der Waals surface area contributed by atoms with Crippen molar-refractivity contribution < 1.29 is 9.59 Å². The highest BCUT2D eigenvalue weighted by Gasteiger charge is 2.18. The van der Waals surface area contributed by atoms with Gasteiger partial charge in [-0.15, -0.1) is 0 Å². The molecule has 4 heteroatoms. The van der Waals surface area contributed by atoms with Crippen molar-refractivity contribution in [1.82, 2.24) is 0 Å². The summed E-state index contributed by atoms with van der Waals surface area (Å²) in [5.74, 6) is -0.168. The van der Waals surface area contributed by atoms with Gasteiger partial charge in [0.2, 0.25) is 11.8 Å². The van der Waals surface area contributed by atoms with Crippen LogP contribution in [-0.4, -0.2) is 11.8 Å². The van der Waals surface area contributed by atoms with Gasteiger partial charge in [0.1, 0.15) is 0 Å². The third-order valence-corrected chi connectivity index (χ3v) is 3.65. The molecule has 0 aliphatic heterocycles. The zero-order chi connectivity index (χ0) is 17.7. The third kappa shape index (κ3) is 4.95. The lowest BCUT2D eigenvalue weighted by atomic mass is 9.86. The van der Waals surface area contributed by atoms with E-state index in [1.807, 2.05) is 36.4 Å². The van der Waals surface area contributed by atoms with E-state index in [1.54, 1.807) is 12.1 Å². The Bertz CT molecular complexity index is 728. The number of carbonyl (C=O) groups excluding carboxylic acids is 2. The molecule has 2 amide bonds. The van der Waals surface area contributed by atoms with Gasteiger partial charge in [-0.3, -0.25) is 9.59 Å². The largest absolute Gasteiger partial charge is 0.326 e. The highest BCUT2D eigenvalue weighted by atomic mass is 16.2. The highest BCUT2D eigenvalue weighted by molar-refractivity contribution is 5.93. The summed E-state index contributed by atoms with van der Waals surface area (Å²) in [7, 11) is 0. The van der Waals surface area contributed by atoms with Crippen LogP contribution in [0.3, 0.4) is 0 Å². The lowest BCUT2D eigenvalue weighted by Crippen LogP contribution is -2.19. The molecule has 0 bridgehead atoms. The maximum Gasteiger partial charge on any atom is 0.228 e. The van der Waals surface area contributed by atoms with E-state index in [-0.39, 0.29) is 17.2 Å². The van der Waals surface area contributed by atoms with Crippen LogP contribution < -0.4 is 10.6 Å². The van der Waals surface area contributed by atoms with Crippen LogP contribution in [0.25, 0.3) is 0 Å². The number of rotatable bonds is 4. The first-order valence-corrected chi connectivity index (χ1v) is 8.01. The number of carbonyl (C=O) groups is 2. The van der Waals surface area contributed by atoms with Crippen molar-refractivity contribution in [2.24, 2.45) is 0 Å². The smallest absolute Gasteiger partial charge is 0.228 e. The quantitative estimate of drug-likeness (QED) is 0.888. The minimum atomic E-state index is -0.112. The SMILES string of the molecule is CC(=O)Nc1ccc(CC(=O)Nc2ccccc2C(C)(C)C)cc1. The van der Waals surface area contributed by atoms with Crippen LogP contribution in [0.4, 0.5) is 11.4 Å². The van der Waals surface area contributed by atoms with E-state index < -0.39 is 0 Å². The minimum absolute atomic E-state index is 0.0378. The Morgan fingerprint density at radius 3 is 2.12 bits per heavy atom. The summed E-state index contributed by atoms with van der Waals surface area (Å²) >= 11 is 0.